The first kappa shape index (κ1) is 13.7. The Labute approximate surface area is 111 Å². The molecule has 0 aliphatic carbocycles. The molecule has 1 aromatic rings. The van der Waals surface area contributed by atoms with Crippen molar-refractivity contribution in [3.05, 3.63) is 70.8 Å². The van der Waals surface area contributed by atoms with E-state index in [4.69, 9.17) is 0 Å². The Balaban J connectivity index is 3.16. The molecule has 0 aliphatic rings. The second-order valence-electron chi connectivity index (χ2n) is 3.42. The number of rotatable bonds is 4. The van der Waals surface area contributed by atoms with Crippen molar-refractivity contribution in [2.24, 2.45) is 4.99 Å². The smallest absolute Gasteiger partial charge is 0.0712 e. The van der Waals surface area contributed by atoms with E-state index in [2.05, 4.69) is 39.6 Å². The average Bonchev–Trinajstić information content (AvgIpc) is 2.34. The first-order chi connectivity index (χ1) is 8.22. The molecule has 2 heteroatoms. The van der Waals surface area contributed by atoms with E-state index in [1.54, 1.807) is 6.08 Å². The van der Waals surface area contributed by atoms with Crippen LogP contribution in [0.25, 0.3) is 0 Å². The summed E-state index contributed by atoms with van der Waals surface area (Å²) < 4.78 is 1.05. The normalized spacial score (nSPS) is 13.1. The van der Waals surface area contributed by atoms with E-state index in [1.807, 2.05) is 44.3 Å². The third kappa shape index (κ3) is 3.82. The molecule has 0 bridgehead atoms. The summed E-state index contributed by atoms with van der Waals surface area (Å²) in [5.41, 5.74) is 3.17. The number of halogens is 1. The molecule has 0 heterocycles. The topological polar surface area (TPSA) is 12.4 Å². The van der Waals surface area contributed by atoms with Gasteiger partial charge in [-0.2, -0.15) is 0 Å². The highest BCUT2D eigenvalue weighted by molar-refractivity contribution is 9.10. The minimum atomic E-state index is 0.979. The van der Waals surface area contributed by atoms with Crippen LogP contribution in [0.3, 0.4) is 0 Å². The van der Waals surface area contributed by atoms with Crippen molar-refractivity contribution in [2.75, 3.05) is 7.05 Å². The van der Waals surface area contributed by atoms with E-state index in [0.717, 1.165) is 21.3 Å². The maximum Gasteiger partial charge on any atom is 0.0712 e. The lowest BCUT2D eigenvalue weighted by molar-refractivity contribution is 1.41. The van der Waals surface area contributed by atoms with E-state index in [0.29, 0.717) is 0 Å². The molecule has 0 amide bonds. The Morgan fingerprint density at radius 1 is 1.41 bits per heavy atom. The van der Waals surface area contributed by atoms with Gasteiger partial charge < -0.3 is 0 Å². The molecule has 17 heavy (non-hydrogen) atoms. The van der Waals surface area contributed by atoms with Gasteiger partial charge in [0, 0.05) is 17.1 Å². The summed E-state index contributed by atoms with van der Waals surface area (Å²) in [6.07, 6.45) is 7.73. The number of allylic oxidation sites excluding steroid dienone is 5. The van der Waals surface area contributed by atoms with Crippen LogP contribution in [0.4, 0.5) is 0 Å². The van der Waals surface area contributed by atoms with Gasteiger partial charge in [0.15, 0.2) is 0 Å². The van der Waals surface area contributed by atoms with Crippen LogP contribution in [0.2, 0.25) is 0 Å². The monoisotopic (exact) mass is 289 g/mol. The standard InChI is InChI=1S/C15H16BrN/c1-4-6-8-12(5-2)15(17-3)13-9-7-10-14(16)11-13/h4-11H,1H2,2-3H3/b8-6-,12-5+,17-15?. The second-order valence-corrected chi connectivity index (χ2v) is 4.34. The number of hydrogen-bond acceptors (Lipinski definition) is 1. The van der Waals surface area contributed by atoms with E-state index >= 15 is 0 Å². The maximum absolute atomic E-state index is 4.37. The van der Waals surface area contributed by atoms with E-state index in [-0.39, 0.29) is 0 Å². The average molecular weight is 290 g/mol. The number of hydrogen-bond donors (Lipinski definition) is 0. The molecule has 88 valence electrons. The highest BCUT2D eigenvalue weighted by Crippen LogP contribution is 2.16. The molecule has 0 fully saturated rings. The van der Waals surface area contributed by atoms with Crippen molar-refractivity contribution in [3.63, 3.8) is 0 Å². The van der Waals surface area contributed by atoms with Crippen molar-refractivity contribution in [1.29, 1.82) is 0 Å². The van der Waals surface area contributed by atoms with Gasteiger partial charge >= 0.3 is 0 Å². The van der Waals surface area contributed by atoms with Crippen molar-refractivity contribution in [3.8, 4) is 0 Å². The first-order valence-electron chi connectivity index (χ1n) is 5.41. The number of aliphatic imine (C=N–C) groups is 1. The Morgan fingerprint density at radius 3 is 2.71 bits per heavy atom. The minimum absolute atomic E-state index is 0.979. The first-order valence-corrected chi connectivity index (χ1v) is 6.20. The van der Waals surface area contributed by atoms with Crippen molar-refractivity contribution < 1.29 is 0 Å². The van der Waals surface area contributed by atoms with Crippen LogP contribution in [0, 0.1) is 0 Å². The molecule has 1 aromatic carbocycles. The van der Waals surface area contributed by atoms with Gasteiger partial charge in [-0.3, -0.25) is 4.99 Å². The molecule has 0 saturated heterocycles. The van der Waals surface area contributed by atoms with Gasteiger partial charge in [0.05, 0.1) is 5.71 Å². The molecule has 1 rings (SSSR count). The minimum Gasteiger partial charge on any atom is -0.287 e. The molecule has 0 N–H and O–H groups in total. The quantitative estimate of drug-likeness (QED) is 0.569. The zero-order valence-electron chi connectivity index (χ0n) is 10.2. The van der Waals surface area contributed by atoms with Gasteiger partial charge in [-0.05, 0) is 24.6 Å². The maximum atomic E-state index is 4.37. The van der Waals surface area contributed by atoms with Gasteiger partial charge in [0.25, 0.3) is 0 Å². The molecular weight excluding hydrogens is 274 g/mol. The van der Waals surface area contributed by atoms with Crippen molar-refractivity contribution in [1.82, 2.24) is 0 Å². The highest BCUT2D eigenvalue weighted by atomic mass is 79.9. The van der Waals surface area contributed by atoms with Crippen LogP contribution in [0.1, 0.15) is 12.5 Å². The molecule has 0 aromatic heterocycles. The van der Waals surface area contributed by atoms with Crippen LogP contribution in [0.5, 0.6) is 0 Å². The third-order valence-corrected chi connectivity index (χ3v) is 2.81. The van der Waals surface area contributed by atoms with Gasteiger partial charge in [-0.15, -0.1) is 0 Å². The van der Waals surface area contributed by atoms with Gasteiger partial charge in [0.2, 0.25) is 0 Å². The molecular formula is C15H16BrN. The summed E-state index contributed by atoms with van der Waals surface area (Å²) in [5, 5.41) is 0. The van der Waals surface area contributed by atoms with Crippen LogP contribution < -0.4 is 0 Å². The van der Waals surface area contributed by atoms with E-state index in [9.17, 15) is 0 Å². The Bertz CT molecular complexity index is 481. The summed E-state index contributed by atoms with van der Waals surface area (Å²) in [4.78, 5) is 4.37. The fourth-order valence-electron chi connectivity index (χ4n) is 1.54. The molecule has 0 atom stereocenters. The number of nitrogens with zero attached hydrogens (tertiary/aromatic N) is 1. The number of benzene rings is 1. The van der Waals surface area contributed by atoms with Crippen molar-refractivity contribution in [2.45, 2.75) is 6.92 Å². The largest absolute Gasteiger partial charge is 0.287 e. The second kappa shape index (κ2) is 7.02. The predicted molar refractivity (Wildman–Crippen MR) is 79.7 cm³/mol. The van der Waals surface area contributed by atoms with Crippen LogP contribution >= 0.6 is 15.9 Å². The Morgan fingerprint density at radius 2 is 2.18 bits per heavy atom. The summed E-state index contributed by atoms with van der Waals surface area (Å²) in [7, 11) is 1.81. The van der Waals surface area contributed by atoms with Crippen LogP contribution in [-0.4, -0.2) is 12.8 Å². The van der Waals surface area contributed by atoms with Gasteiger partial charge in [0.1, 0.15) is 0 Å². The fourth-order valence-corrected chi connectivity index (χ4v) is 1.94. The molecule has 0 saturated carbocycles. The summed E-state index contributed by atoms with van der Waals surface area (Å²) in [6.45, 7) is 5.68. The van der Waals surface area contributed by atoms with Gasteiger partial charge in [-0.25, -0.2) is 0 Å². The lowest BCUT2D eigenvalue weighted by atomic mass is 10.0. The lowest BCUT2D eigenvalue weighted by Gasteiger charge is -2.07. The van der Waals surface area contributed by atoms with Crippen LogP contribution in [0.15, 0.2) is 70.2 Å². The van der Waals surface area contributed by atoms with Crippen molar-refractivity contribution >= 4 is 21.6 Å². The summed E-state index contributed by atoms with van der Waals surface area (Å²) in [6, 6.07) is 8.13. The van der Waals surface area contributed by atoms with E-state index in [1.165, 1.54) is 0 Å². The SMILES string of the molecule is C=C/C=C\C(=C/C)C(=NC)c1cccc(Br)c1. The molecule has 1 nitrogen and oxygen atoms in total. The van der Waals surface area contributed by atoms with Gasteiger partial charge in [-0.1, -0.05) is 58.9 Å². The zero-order chi connectivity index (χ0) is 12.7. The molecule has 0 unspecified atom stereocenters. The third-order valence-electron chi connectivity index (χ3n) is 2.32. The summed E-state index contributed by atoms with van der Waals surface area (Å²) in [5.74, 6) is 0. The molecule has 0 aliphatic heterocycles. The Hall–Kier alpha value is -1.41. The van der Waals surface area contributed by atoms with E-state index < -0.39 is 0 Å². The lowest BCUT2D eigenvalue weighted by Crippen LogP contribution is -2.03. The highest BCUT2D eigenvalue weighted by Gasteiger charge is 2.06. The summed E-state index contributed by atoms with van der Waals surface area (Å²) >= 11 is 3.47. The fraction of sp³-hybridized carbons (Fsp3) is 0.133. The molecule has 0 spiro atoms. The zero-order valence-corrected chi connectivity index (χ0v) is 11.7. The Kier molecular flexibility index (Phi) is 5.64. The van der Waals surface area contributed by atoms with Crippen LogP contribution in [-0.2, 0) is 0 Å². The predicted octanol–water partition coefficient (Wildman–Crippen LogP) is 4.56. The molecule has 0 radical (unpaired) electrons.